The van der Waals surface area contributed by atoms with Crippen molar-refractivity contribution in [1.82, 2.24) is 0 Å². The Morgan fingerprint density at radius 1 is 0.857 bits per heavy atom. The van der Waals surface area contributed by atoms with Gasteiger partial charge in [0.1, 0.15) is 0 Å². The number of alkyl halides is 2. The molecule has 0 unspecified atom stereocenters. The Hall–Kier alpha value is -0.400. The van der Waals surface area contributed by atoms with Crippen LogP contribution in [0.3, 0.4) is 0 Å². The number of hydrogen-bond donors (Lipinski definition) is 0. The second kappa shape index (κ2) is 7.24. The van der Waals surface area contributed by atoms with Crippen molar-refractivity contribution in [3.05, 3.63) is 69.2 Å². The van der Waals surface area contributed by atoms with Crippen molar-refractivity contribution in [2.24, 2.45) is 0 Å². The molecule has 0 aliphatic rings. The summed E-state index contributed by atoms with van der Waals surface area (Å²) in [6.07, 6.45) is 0.613. The van der Waals surface area contributed by atoms with E-state index < -0.39 is 0 Å². The fourth-order valence-electron chi connectivity index (χ4n) is 2.33. The van der Waals surface area contributed by atoms with E-state index in [1.54, 1.807) is 0 Å². The van der Waals surface area contributed by atoms with Gasteiger partial charge in [-0.25, -0.2) is 0 Å². The van der Waals surface area contributed by atoms with Crippen LogP contribution in [0.5, 0.6) is 0 Å². The molecular formula is C17H16Cl4. The summed E-state index contributed by atoms with van der Waals surface area (Å²) in [5.41, 5.74) is 2.81. The molecule has 0 N–H and O–H groups in total. The normalized spacial score (nSPS) is 11.7. The molecule has 0 saturated heterocycles. The third kappa shape index (κ3) is 3.68. The minimum absolute atomic E-state index is 0.383. The van der Waals surface area contributed by atoms with Crippen LogP contribution in [0.1, 0.15) is 16.7 Å². The average Bonchev–Trinajstić information content (AvgIpc) is 2.49. The van der Waals surface area contributed by atoms with Gasteiger partial charge in [0.05, 0.1) is 0 Å². The van der Waals surface area contributed by atoms with Crippen LogP contribution in [0.4, 0.5) is 0 Å². The predicted molar refractivity (Wildman–Crippen MR) is 94.5 cm³/mol. The van der Waals surface area contributed by atoms with Gasteiger partial charge < -0.3 is 0 Å². The Labute approximate surface area is 146 Å². The van der Waals surface area contributed by atoms with E-state index in [-0.39, 0.29) is 5.41 Å². The van der Waals surface area contributed by atoms with Gasteiger partial charge >= 0.3 is 0 Å². The zero-order valence-electron chi connectivity index (χ0n) is 11.7. The lowest BCUT2D eigenvalue weighted by Gasteiger charge is -2.31. The molecule has 2 rings (SSSR count). The molecule has 0 aliphatic heterocycles. The standard InChI is InChI=1S/C17H16Cl4/c1-12-5-7-13(8-6-12)17(10-18,11-19)9-14-15(20)3-2-4-16(14)21/h2-8H,9-11H2,1H3. The Morgan fingerprint density at radius 2 is 1.38 bits per heavy atom. The summed E-state index contributed by atoms with van der Waals surface area (Å²) >= 11 is 25.1. The van der Waals surface area contributed by atoms with Crippen LogP contribution in [0.2, 0.25) is 10.0 Å². The maximum atomic E-state index is 6.29. The van der Waals surface area contributed by atoms with Gasteiger partial charge in [0.15, 0.2) is 0 Å². The van der Waals surface area contributed by atoms with Gasteiger partial charge in [0.2, 0.25) is 0 Å². The highest BCUT2D eigenvalue weighted by Gasteiger charge is 2.32. The first kappa shape index (κ1) is 17.0. The van der Waals surface area contributed by atoms with E-state index in [1.807, 2.05) is 18.2 Å². The zero-order valence-corrected chi connectivity index (χ0v) is 14.7. The Morgan fingerprint density at radius 3 is 1.86 bits per heavy atom. The number of halogens is 4. The van der Waals surface area contributed by atoms with E-state index >= 15 is 0 Å². The molecule has 2 aromatic carbocycles. The van der Waals surface area contributed by atoms with Crippen molar-refractivity contribution in [2.75, 3.05) is 11.8 Å². The summed E-state index contributed by atoms with van der Waals surface area (Å²) < 4.78 is 0. The second-order valence-electron chi connectivity index (χ2n) is 5.29. The lowest BCUT2D eigenvalue weighted by molar-refractivity contribution is 0.536. The molecule has 2 aromatic rings. The average molecular weight is 362 g/mol. The number of benzene rings is 2. The Bertz CT molecular complexity index is 580. The maximum absolute atomic E-state index is 6.29. The van der Waals surface area contributed by atoms with E-state index in [0.29, 0.717) is 28.2 Å². The largest absolute Gasteiger partial charge is 0.126 e. The first-order chi connectivity index (χ1) is 10.0. The van der Waals surface area contributed by atoms with Crippen molar-refractivity contribution in [3.63, 3.8) is 0 Å². The molecule has 0 nitrogen and oxygen atoms in total. The molecule has 0 spiro atoms. The van der Waals surface area contributed by atoms with E-state index in [9.17, 15) is 0 Å². The van der Waals surface area contributed by atoms with Crippen LogP contribution in [-0.2, 0) is 11.8 Å². The van der Waals surface area contributed by atoms with Crippen LogP contribution in [0, 0.1) is 6.92 Å². The lowest BCUT2D eigenvalue weighted by Crippen LogP contribution is -2.33. The summed E-state index contributed by atoms with van der Waals surface area (Å²) in [5.74, 6) is 0.808. The zero-order chi connectivity index (χ0) is 15.5. The molecule has 0 heterocycles. The van der Waals surface area contributed by atoms with Gasteiger partial charge in [-0.05, 0) is 36.6 Å². The molecule has 4 heteroatoms. The lowest BCUT2D eigenvalue weighted by atomic mass is 9.78. The van der Waals surface area contributed by atoms with Crippen molar-refractivity contribution >= 4 is 46.4 Å². The first-order valence-corrected chi connectivity index (χ1v) is 8.47. The van der Waals surface area contributed by atoms with Crippen molar-refractivity contribution in [3.8, 4) is 0 Å². The van der Waals surface area contributed by atoms with E-state index in [1.165, 1.54) is 5.56 Å². The Kier molecular flexibility index (Phi) is 5.85. The van der Waals surface area contributed by atoms with Gasteiger partial charge in [-0.2, -0.15) is 0 Å². The summed E-state index contributed by atoms with van der Waals surface area (Å²) in [5, 5.41) is 1.29. The smallest absolute Gasteiger partial charge is 0.0453 e. The van der Waals surface area contributed by atoms with Gasteiger partial charge in [0.25, 0.3) is 0 Å². The van der Waals surface area contributed by atoms with E-state index in [2.05, 4.69) is 31.2 Å². The third-order valence-electron chi connectivity index (χ3n) is 3.75. The van der Waals surface area contributed by atoms with Gasteiger partial charge in [-0.15, -0.1) is 23.2 Å². The second-order valence-corrected chi connectivity index (χ2v) is 6.64. The van der Waals surface area contributed by atoms with Crippen LogP contribution in [0.25, 0.3) is 0 Å². The molecule has 21 heavy (non-hydrogen) atoms. The van der Waals surface area contributed by atoms with Crippen LogP contribution >= 0.6 is 46.4 Å². The number of aryl methyl sites for hydroxylation is 1. The van der Waals surface area contributed by atoms with Crippen LogP contribution < -0.4 is 0 Å². The topological polar surface area (TPSA) is 0 Å². The molecule has 0 aliphatic carbocycles. The van der Waals surface area contributed by atoms with Crippen molar-refractivity contribution in [1.29, 1.82) is 0 Å². The predicted octanol–water partition coefficient (Wildman–Crippen LogP) is 6.26. The maximum Gasteiger partial charge on any atom is 0.0453 e. The molecule has 0 atom stereocenters. The molecular weight excluding hydrogens is 346 g/mol. The Balaban J connectivity index is 2.45. The third-order valence-corrected chi connectivity index (χ3v) is 5.48. The van der Waals surface area contributed by atoms with Gasteiger partial charge in [0, 0.05) is 27.2 Å². The van der Waals surface area contributed by atoms with Crippen molar-refractivity contribution in [2.45, 2.75) is 18.8 Å². The van der Waals surface area contributed by atoms with Crippen LogP contribution in [0.15, 0.2) is 42.5 Å². The fraction of sp³-hybridized carbons (Fsp3) is 0.294. The molecule has 0 amide bonds. The minimum Gasteiger partial charge on any atom is -0.126 e. The summed E-state index contributed by atoms with van der Waals surface area (Å²) in [6.45, 7) is 2.05. The number of rotatable bonds is 5. The number of hydrogen-bond acceptors (Lipinski definition) is 0. The molecule has 0 aromatic heterocycles. The van der Waals surface area contributed by atoms with Gasteiger partial charge in [-0.1, -0.05) is 59.1 Å². The van der Waals surface area contributed by atoms with Crippen LogP contribution in [-0.4, -0.2) is 11.8 Å². The quantitative estimate of drug-likeness (QED) is 0.551. The summed E-state index contributed by atoms with van der Waals surface area (Å²) in [6, 6.07) is 13.8. The summed E-state index contributed by atoms with van der Waals surface area (Å²) in [4.78, 5) is 0. The minimum atomic E-state index is -0.383. The van der Waals surface area contributed by atoms with E-state index in [0.717, 1.165) is 11.1 Å². The van der Waals surface area contributed by atoms with Gasteiger partial charge in [-0.3, -0.25) is 0 Å². The highest BCUT2D eigenvalue weighted by Crippen LogP contribution is 2.36. The molecule has 0 fully saturated rings. The SMILES string of the molecule is Cc1ccc(C(CCl)(CCl)Cc2c(Cl)cccc2Cl)cc1. The van der Waals surface area contributed by atoms with Crippen molar-refractivity contribution < 1.29 is 0 Å². The molecule has 0 bridgehead atoms. The highest BCUT2D eigenvalue weighted by atomic mass is 35.5. The molecule has 0 saturated carbocycles. The summed E-state index contributed by atoms with van der Waals surface area (Å²) in [7, 11) is 0. The fourth-order valence-corrected chi connectivity index (χ4v) is 3.65. The highest BCUT2D eigenvalue weighted by molar-refractivity contribution is 6.36. The molecule has 0 radical (unpaired) electrons. The van der Waals surface area contributed by atoms with E-state index in [4.69, 9.17) is 46.4 Å². The first-order valence-electron chi connectivity index (χ1n) is 6.64. The molecule has 112 valence electrons. The monoisotopic (exact) mass is 360 g/mol.